The predicted octanol–water partition coefficient (Wildman–Crippen LogP) is 4.39. The summed E-state index contributed by atoms with van der Waals surface area (Å²) >= 11 is 0. The van der Waals surface area contributed by atoms with Crippen molar-refractivity contribution >= 4 is 23.3 Å². The number of pyridine rings is 2. The van der Waals surface area contributed by atoms with Crippen molar-refractivity contribution in [2.75, 3.05) is 29.0 Å². The smallest absolute Gasteiger partial charge is 0.225 e. The number of aromatic nitrogens is 5. The van der Waals surface area contributed by atoms with E-state index in [-0.39, 0.29) is 16.9 Å². The molecule has 1 saturated heterocycles. The van der Waals surface area contributed by atoms with E-state index in [1.165, 1.54) is 30.8 Å². The molecule has 0 saturated carbocycles. The highest BCUT2D eigenvalue weighted by Gasteiger charge is 2.20. The highest BCUT2D eigenvalue weighted by Crippen LogP contribution is 2.30. The third-order valence-electron chi connectivity index (χ3n) is 5.95. The number of halogens is 2. The first-order chi connectivity index (χ1) is 16.4. The maximum absolute atomic E-state index is 14.8. The van der Waals surface area contributed by atoms with Crippen molar-refractivity contribution < 1.29 is 8.78 Å². The van der Waals surface area contributed by atoms with Gasteiger partial charge in [-0.2, -0.15) is 4.98 Å². The van der Waals surface area contributed by atoms with Crippen molar-refractivity contribution in [1.29, 1.82) is 0 Å². The zero-order valence-electron chi connectivity index (χ0n) is 18.8. The quantitative estimate of drug-likeness (QED) is 0.454. The Morgan fingerprint density at radius 3 is 2.65 bits per heavy atom. The maximum Gasteiger partial charge on any atom is 0.225 e. The Balaban J connectivity index is 1.35. The molecule has 4 heterocycles. The molecule has 3 N–H and O–H groups in total. The number of aryl methyl sites for hydroxylation is 1. The zero-order chi connectivity index (χ0) is 23.8. The summed E-state index contributed by atoms with van der Waals surface area (Å²) in [6.07, 6.45) is 4.28. The summed E-state index contributed by atoms with van der Waals surface area (Å²) < 4.78 is 30.6. The molecule has 4 aromatic rings. The van der Waals surface area contributed by atoms with E-state index < -0.39 is 11.6 Å². The van der Waals surface area contributed by atoms with Crippen LogP contribution in [0.1, 0.15) is 13.3 Å². The molecular weight excluding hydrogens is 438 g/mol. The summed E-state index contributed by atoms with van der Waals surface area (Å²) in [5, 5.41) is 7.51. The molecule has 174 valence electrons. The number of anilines is 4. The first-order valence-corrected chi connectivity index (χ1v) is 11.0. The van der Waals surface area contributed by atoms with Gasteiger partial charge in [-0.25, -0.2) is 23.4 Å². The van der Waals surface area contributed by atoms with E-state index in [2.05, 4.69) is 37.2 Å². The largest absolute Gasteiger partial charge is 0.381 e. The van der Waals surface area contributed by atoms with E-state index in [1.54, 1.807) is 24.0 Å². The second-order valence-electron chi connectivity index (χ2n) is 8.50. The van der Waals surface area contributed by atoms with E-state index in [1.807, 2.05) is 12.1 Å². The zero-order valence-corrected chi connectivity index (χ0v) is 18.8. The summed E-state index contributed by atoms with van der Waals surface area (Å²) in [6, 6.07) is 9.71. The van der Waals surface area contributed by atoms with Gasteiger partial charge in [0.1, 0.15) is 11.6 Å². The van der Waals surface area contributed by atoms with Crippen LogP contribution in [0.25, 0.3) is 22.5 Å². The van der Waals surface area contributed by atoms with Gasteiger partial charge in [-0.1, -0.05) is 6.92 Å². The molecule has 34 heavy (non-hydrogen) atoms. The molecule has 1 aromatic carbocycles. The second-order valence-corrected chi connectivity index (χ2v) is 8.50. The van der Waals surface area contributed by atoms with Crippen molar-refractivity contribution in [2.24, 2.45) is 13.0 Å². The van der Waals surface area contributed by atoms with Crippen molar-refractivity contribution in [3.8, 4) is 22.5 Å². The molecular formula is C24H24F2N8. The van der Waals surface area contributed by atoms with Crippen LogP contribution in [0.3, 0.4) is 0 Å². The van der Waals surface area contributed by atoms with Gasteiger partial charge in [-0.15, -0.1) is 5.10 Å². The lowest BCUT2D eigenvalue weighted by Gasteiger charge is -2.16. The summed E-state index contributed by atoms with van der Waals surface area (Å²) in [5.74, 6) is 0.929. The Kier molecular flexibility index (Phi) is 5.56. The molecule has 10 heteroatoms. The van der Waals surface area contributed by atoms with E-state index in [0.717, 1.165) is 24.5 Å². The maximum atomic E-state index is 14.8. The molecule has 1 aliphatic heterocycles. The van der Waals surface area contributed by atoms with Crippen LogP contribution < -0.4 is 16.0 Å². The Labute approximate surface area is 195 Å². The van der Waals surface area contributed by atoms with E-state index in [0.29, 0.717) is 23.4 Å². The minimum absolute atomic E-state index is 0.0526. The molecule has 0 amide bonds. The lowest BCUT2D eigenvalue weighted by molar-refractivity contribution is 0.616. The third kappa shape index (κ3) is 4.14. The van der Waals surface area contributed by atoms with Crippen LogP contribution in [0.4, 0.5) is 32.1 Å². The van der Waals surface area contributed by atoms with Crippen molar-refractivity contribution in [3.63, 3.8) is 0 Å². The fourth-order valence-corrected chi connectivity index (χ4v) is 4.07. The first-order valence-electron chi connectivity index (χ1n) is 11.0. The standard InChI is InChI=1S/C24H24F2N8/c1-14-8-10-34(13-14)20-6-3-15(12-29-20)23-31-24(33(2)32-23)30-16-4-5-17(19(25)11-16)18-7-9-28-22(27)21(18)26/h3-7,9,11-12,14H,8,10,13H2,1-2H3,(H2,27,28)(H,30,31,32). The summed E-state index contributed by atoms with van der Waals surface area (Å²) in [7, 11) is 1.74. The Morgan fingerprint density at radius 1 is 1.09 bits per heavy atom. The van der Waals surface area contributed by atoms with Crippen LogP contribution in [0.5, 0.6) is 0 Å². The average molecular weight is 463 g/mol. The van der Waals surface area contributed by atoms with Gasteiger partial charge in [-0.3, -0.25) is 0 Å². The average Bonchev–Trinajstić information content (AvgIpc) is 3.42. The monoisotopic (exact) mass is 462 g/mol. The van der Waals surface area contributed by atoms with Gasteiger partial charge in [0.25, 0.3) is 0 Å². The topological polar surface area (TPSA) is 97.8 Å². The SMILES string of the molecule is CC1CCN(c2ccc(-c3nc(Nc4ccc(-c5ccnc(N)c5F)c(F)c4)n(C)n3)cn2)C1. The molecule has 1 unspecified atom stereocenters. The van der Waals surface area contributed by atoms with Gasteiger partial charge < -0.3 is 16.0 Å². The number of nitrogens with two attached hydrogens (primary N) is 1. The molecule has 5 rings (SSSR count). The Bertz CT molecular complexity index is 1340. The minimum atomic E-state index is -0.751. The number of nitrogens with zero attached hydrogens (tertiary/aromatic N) is 6. The molecule has 0 radical (unpaired) electrons. The van der Waals surface area contributed by atoms with Gasteiger partial charge in [0.15, 0.2) is 17.5 Å². The Morgan fingerprint density at radius 2 is 1.94 bits per heavy atom. The predicted molar refractivity (Wildman–Crippen MR) is 128 cm³/mol. The van der Waals surface area contributed by atoms with E-state index in [9.17, 15) is 8.78 Å². The van der Waals surface area contributed by atoms with E-state index in [4.69, 9.17) is 5.73 Å². The fraction of sp³-hybridized carbons (Fsp3) is 0.250. The first kappa shape index (κ1) is 21.7. The summed E-state index contributed by atoms with van der Waals surface area (Å²) in [6.45, 7) is 4.27. The minimum Gasteiger partial charge on any atom is -0.381 e. The highest BCUT2D eigenvalue weighted by molar-refractivity contribution is 5.70. The third-order valence-corrected chi connectivity index (χ3v) is 5.95. The molecule has 0 spiro atoms. The number of nitrogens with one attached hydrogen (secondary N) is 1. The molecule has 1 fully saturated rings. The van der Waals surface area contributed by atoms with Crippen LogP contribution in [0.15, 0.2) is 48.8 Å². The Hall–Kier alpha value is -4.08. The van der Waals surface area contributed by atoms with Crippen LogP contribution in [-0.2, 0) is 7.05 Å². The second kappa shape index (κ2) is 8.69. The number of benzene rings is 1. The van der Waals surface area contributed by atoms with Crippen molar-refractivity contribution in [3.05, 3.63) is 60.4 Å². The van der Waals surface area contributed by atoms with Gasteiger partial charge in [0.05, 0.1) is 0 Å². The number of hydrogen-bond acceptors (Lipinski definition) is 7. The van der Waals surface area contributed by atoms with Gasteiger partial charge in [0, 0.05) is 54.9 Å². The van der Waals surface area contributed by atoms with Gasteiger partial charge in [-0.05, 0) is 48.7 Å². The van der Waals surface area contributed by atoms with E-state index >= 15 is 0 Å². The van der Waals surface area contributed by atoms with Crippen LogP contribution in [0.2, 0.25) is 0 Å². The molecule has 8 nitrogen and oxygen atoms in total. The fourth-order valence-electron chi connectivity index (χ4n) is 4.07. The lowest BCUT2D eigenvalue weighted by Crippen LogP contribution is -2.20. The number of hydrogen-bond donors (Lipinski definition) is 2. The van der Waals surface area contributed by atoms with Crippen LogP contribution in [-0.4, -0.2) is 37.8 Å². The molecule has 1 atom stereocenters. The van der Waals surface area contributed by atoms with Gasteiger partial charge in [0.2, 0.25) is 5.95 Å². The molecule has 1 aliphatic rings. The molecule has 0 bridgehead atoms. The van der Waals surface area contributed by atoms with Crippen molar-refractivity contribution in [2.45, 2.75) is 13.3 Å². The lowest BCUT2D eigenvalue weighted by atomic mass is 10.1. The summed E-state index contributed by atoms with van der Waals surface area (Å²) in [4.78, 5) is 15.1. The molecule has 3 aromatic heterocycles. The summed E-state index contributed by atoms with van der Waals surface area (Å²) in [5.41, 5.74) is 6.88. The number of nitrogen functional groups attached to an aromatic ring is 1. The number of rotatable bonds is 5. The van der Waals surface area contributed by atoms with Gasteiger partial charge >= 0.3 is 0 Å². The molecule has 0 aliphatic carbocycles. The van der Waals surface area contributed by atoms with Crippen LogP contribution >= 0.6 is 0 Å². The van der Waals surface area contributed by atoms with Crippen LogP contribution in [0, 0.1) is 17.6 Å². The van der Waals surface area contributed by atoms with Crippen molar-refractivity contribution in [1.82, 2.24) is 24.7 Å². The normalized spacial score (nSPS) is 15.6. The highest BCUT2D eigenvalue weighted by atomic mass is 19.1.